The average Bonchev–Trinajstić information content (AvgIpc) is 3.16. The zero-order valence-corrected chi connectivity index (χ0v) is 15.1. The van der Waals surface area contributed by atoms with E-state index in [-0.39, 0.29) is 37.5 Å². The van der Waals surface area contributed by atoms with Gasteiger partial charge in [-0.25, -0.2) is 4.68 Å². The van der Waals surface area contributed by atoms with E-state index in [0.29, 0.717) is 28.2 Å². The van der Waals surface area contributed by atoms with Gasteiger partial charge in [0.1, 0.15) is 24.4 Å². The molecule has 0 saturated carbocycles. The predicted octanol–water partition coefficient (Wildman–Crippen LogP) is 1.10. The first-order valence-corrected chi connectivity index (χ1v) is 8.74. The number of nitrogens with zero attached hydrogens (tertiary/aromatic N) is 3. The number of ether oxygens (including phenoxy) is 3. The van der Waals surface area contributed by atoms with Crippen LogP contribution in [0.3, 0.4) is 0 Å². The standard InChI is InChI=1S/C19H18N4O5/c1-12(10-26-13-6-7-16-17(8-13)28-11-27-16)20-18(24)9-23-19(25)14-4-2-3-5-15(14)21-22-23/h2-8,12H,9-11H2,1H3,(H,20,24). The highest BCUT2D eigenvalue weighted by Crippen LogP contribution is 2.35. The number of rotatable bonds is 6. The minimum absolute atomic E-state index is 0.197. The summed E-state index contributed by atoms with van der Waals surface area (Å²) in [6.45, 7) is 2.04. The third kappa shape index (κ3) is 3.73. The number of hydrogen-bond acceptors (Lipinski definition) is 7. The lowest BCUT2D eigenvalue weighted by molar-refractivity contribution is -0.122. The summed E-state index contributed by atoms with van der Waals surface area (Å²) in [6.07, 6.45) is 0. The van der Waals surface area contributed by atoms with Crippen LogP contribution in [0.2, 0.25) is 0 Å². The zero-order chi connectivity index (χ0) is 19.5. The molecule has 0 saturated heterocycles. The predicted molar refractivity (Wildman–Crippen MR) is 99.5 cm³/mol. The van der Waals surface area contributed by atoms with Crippen LogP contribution < -0.4 is 25.1 Å². The molecule has 1 aliphatic heterocycles. The topological polar surface area (TPSA) is 105 Å². The number of aromatic nitrogens is 3. The molecule has 3 aromatic rings. The van der Waals surface area contributed by atoms with E-state index < -0.39 is 0 Å². The molecule has 0 spiro atoms. The quantitative estimate of drug-likeness (QED) is 0.681. The van der Waals surface area contributed by atoms with E-state index >= 15 is 0 Å². The molecule has 9 nitrogen and oxygen atoms in total. The van der Waals surface area contributed by atoms with Crippen LogP contribution in [0.4, 0.5) is 0 Å². The lowest BCUT2D eigenvalue weighted by Gasteiger charge is -2.15. The molecule has 1 N–H and O–H groups in total. The molecule has 0 aliphatic carbocycles. The van der Waals surface area contributed by atoms with E-state index in [0.717, 1.165) is 4.68 Å². The van der Waals surface area contributed by atoms with Crippen LogP contribution in [-0.4, -0.2) is 40.3 Å². The van der Waals surface area contributed by atoms with Gasteiger partial charge in [0.25, 0.3) is 5.56 Å². The second-order valence-electron chi connectivity index (χ2n) is 6.36. The van der Waals surface area contributed by atoms with Gasteiger partial charge in [-0.1, -0.05) is 17.3 Å². The Hall–Kier alpha value is -3.62. The summed E-state index contributed by atoms with van der Waals surface area (Å²) in [4.78, 5) is 24.6. The summed E-state index contributed by atoms with van der Waals surface area (Å²) in [6, 6.07) is 11.9. The maximum atomic E-state index is 12.4. The molecule has 2 aromatic carbocycles. The van der Waals surface area contributed by atoms with Gasteiger partial charge in [-0.05, 0) is 31.2 Å². The number of hydrogen-bond donors (Lipinski definition) is 1. The highest BCUT2D eigenvalue weighted by Gasteiger charge is 2.15. The Bertz CT molecular complexity index is 1080. The van der Waals surface area contributed by atoms with Crippen molar-refractivity contribution in [3.05, 3.63) is 52.8 Å². The number of benzene rings is 2. The lowest BCUT2D eigenvalue weighted by atomic mass is 10.2. The molecule has 0 fully saturated rings. The van der Waals surface area contributed by atoms with Crippen LogP contribution in [0.1, 0.15) is 6.92 Å². The van der Waals surface area contributed by atoms with Gasteiger partial charge < -0.3 is 19.5 Å². The van der Waals surface area contributed by atoms with Crippen LogP contribution in [-0.2, 0) is 11.3 Å². The fraction of sp³-hybridized carbons (Fsp3) is 0.263. The summed E-state index contributed by atoms with van der Waals surface area (Å²) >= 11 is 0. The van der Waals surface area contributed by atoms with Crippen molar-refractivity contribution in [1.29, 1.82) is 0 Å². The maximum absolute atomic E-state index is 12.4. The van der Waals surface area contributed by atoms with Crippen molar-refractivity contribution < 1.29 is 19.0 Å². The number of fused-ring (bicyclic) bond motifs is 2. The van der Waals surface area contributed by atoms with Crippen molar-refractivity contribution in [2.24, 2.45) is 0 Å². The third-order valence-corrected chi connectivity index (χ3v) is 4.17. The summed E-state index contributed by atoms with van der Waals surface area (Å²) in [5.41, 5.74) is 0.139. The van der Waals surface area contributed by atoms with Gasteiger partial charge in [0.2, 0.25) is 12.7 Å². The van der Waals surface area contributed by atoms with E-state index in [1.54, 1.807) is 49.4 Å². The van der Waals surface area contributed by atoms with Crippen molar-refractivity contribution >= 4 is 16.8 Å². The molecule has 28 heavy (non-hydrogen) atoms. The minimum atomic E-state index is -0.356. The molecule has 144 valence electrons. The normalized spacial score (nSPS) is 13.3. The monoisotopic (exact) mass is 382 g/mol. The molecule has 1 aliphatic rings. The molecule has 4 rings (SSSR count). The average molecular weight is 382 g/mol. The summed E-state index contributed by atoms with van der Waals surface area (Å²) < 4.78 is 17.3. The molecular weight excluding hydrogens is 364 g/mol. The van der Waals surface area contributed by atoms with Crippen LogP contribution >= 0.6 is 0 Å². The van der Waals surface area contributed by atoms with Gasteiger partial charge in [-0.2, -0.15) is 0 Å². The van der Waals surface area contributed by atoms with Crippen molar-refractivity contribution in [1.82, 2.24) is 20.3 Å². The number of carbonyl (C=O) groups is 1. The van der Waals surface area contributed by atoms with Gasteiger partial charge in [0, 0.05) is 6.07 Å². The Balaban J connectivity index is 1.33. The van der Waals surface area contributed by atoms with Gasteiger partial charge in [-0.3, -0.25) is 9.59 Å². The SMILES string of the molecule is CC(COc1ccc2c(c1)OCO2)NC(=O)Cn1nnc2ccccc2c1=O. The van der Waals surface area contributed by atoms with E-state index in [4.69, 9.17) is 14.2 Å². The largest absolute Gasteiger partial charge is 0.491 e. The highest BCUT2D eigenvalue weighted by molar-refractivity contribution is 5.78. The Morgan fingerprint density at radius 2 is 2.07 bits per heavy atom. The first kappa shape index (κ1) is 17.8. The molecule has 9 heteroatoms. The van der Waals surface area contributed by atoms with Crippen LogP contribution in [0.15, 0.2) is 47.3 Å². The molecule has 0 radical (unpaired) electrons. The summed E-state index contributed by atoms with van der Waals surface area (Å²) in [5.74, 6) is 1.56. The number of nitrogens with one attached hydrogen (secondary N) is 1. The molecule has 1 atom stereocenters. The second-order valence-corrected chi connectivity index (χ2v) is 6.36. The molecule has 0 bridgehead atoms. The first-order valence-electron chi connectivity index (χ1n) is 8.74. The minimum Gasteiger partial charge on any atom is -0.491 e. The van der Waals surface area contributed by atoms with Crippen LogP contribution in [0, 0.1) is 0 Å². The van der Waals surface area contributed by atoms with Crippen molar-refractivity contribution in [3.8, 4) is 17.2 Å². The van der Waals surface area contributed by atoms with E-state index in [1.165, 1.54) is 0 Å². The van der Waals surface area contributed by atoms with Crippen molar-refractivity contribution in [3.63, 3.8) is 0 Å². The summed E-state index contributed by atoms with van der Waals surface area (Å²) in [5, 5.41) is 11.0. The Morgan fingerprint density at radius 3 is 2.96 bits per heavy atom. The number of carbonyl (C=O) groups excluding carboxylic acids is 1. The molecule has 1 amide bonds. The van der Waals surface area contributed by atoms with Gasteiger partial charge in [0.15, 0.2) is 11.5 Å². The smallest absolute Gasteiger partial charge is 0.278 e. The second kappa shape index (κ2) is 7.55. The van der Waals surface area contributed by atoms with Crippen molar-refractivity contribution in [2.45, 2.75) is 19.5 Å². The third-order valence-electron chi connectivity index (χ3n) is 4.17. The molecule has 2 heterocycles. The molecular formula is C19H18N4O5. The molecule has 1 unspecified atom stereocenters. The Labute approximate surface area is 159 Å². The first-order chi connectivity index (χ1) is 13.6. The fourth-order valence-corrected chi connectivity index (χ4v) is 2.81. The van der Waals surface area contributed by atoms with Gasteiger partial charge >= 0.3 is 0 Å². The highest BCUT2D eigenvalue weighted by atomic mass is 16.7. The van der Waals surface area contributed by atoms with E-state index in [9.17, 15) is 9.59 Å². The van der Waals surface area contributed by atoms with E-state index in [2.05, 4.69) is 15.6 Å². The Kier molecular flexibility index (Phi) is 4.79. The summed E-state index contributed by atoms with van der Waals surface area (Å²) in [7, 11) is 0. The van der Waals surface area contributed by atoms with E-state index in [1.807, 2.05) is 0 Å². The van der Waals surface area contributed by atoms with Gasteiger partial charge in [0.05, 0.1) is 11.4 Å². The van der Waals surface area contributed by atoms with Gasteiger partial charge in [-0.15, -0.1) is 5.10 Å². The van der Waals surface area contributed by atoms with Crippen LogP contribution in [0.5, 0.6) is 17.2 Å². The fourth-order valence-electron chi connectivity index (χ4n) is 2.81. The zero-order valence-electron chi connectivity index (χ0n) is 15.1. The van der Waals surface area contributed by atoms with Crippen LogP contribution in [0.25, 0.3) is 10.9 Å². The lowest BCUT2D eigenvalue weighted by Crippen LogP contribution is -2.41. The Morgan fingerprint density at radius 1 is 1.25 bits per heavy atom. The maximum Gasteiger partial charge on any atom is 0.278 e. The van der Waals surface area contributed by atoms with Crippen molar-refractivity contribution in [2.75, 3.05) is 13.4 Å². The molecule has 1 aromatic heterocycles. The number of amides is 1.